The molecule has 0 aliphatic carbocycles. The molecular weight excluding hydrogens is 350 g/mol. The second kappa shape index (κ2) is 8.03. The van der Waals surface area contributed by atoms with Crippen LogP contribution in [0.25, 0.3) is 0 Å². The summed E-state index contributed by atoms with van der Waals surface area (Å²) < 4.78 is 2.19. The average Bonchev–Trinajstić information content (AvgIpc) is 2.93. The number of fused-ring (bicyclic) bond motifs is 1. The number of nitrogens with zero attached hydrogens (tertiary/aromatic N) is 7. The molecule has 0 spiro atoms. The fraction of sp³-hybridized carbons (Fsp3) is 0.588. The third-order valence-corrected chi connectivity index (χ3v) is 5.82. The molecule has 138 valence electrons. The Bertz CT molecular complexity index is 743. The zero-order chi connectivity index (χ0) is 17.8. The molecule has 0 bridgehead atoms. The number of aromatic nitrogens is 5. The maximum absolute atomic E-state index is 12.6. The zero-order valence-corrected chi connectivity index (χ0v) is 15.6. The second-order valence-corrected chi connectivity index (χ2v) is 7.51. The van der Waals surface area contributed by atoms with Crippen LogP contribution in [0.1, 0.15) is 25.1 Å². The number of hydrogen-bond donors (Lipinski definition) is 0. The standard InChI is InChI=1S/C17H23N7OS/c25-15(13-26-17-21-20-14-5-2-1-3-8-24(14)17)22-9-11-23(12-10-22)16-18-6-4-7-19-16/h4,6-7H,1-3,5,8-13H2. The van der Waals surface area contributed by atoms with Crippen LogP contribution in [0.15, 0.2) is 23.6 Å². The Balaban J connectivity index is 1.29. The first-order chi connectivity index (χ1) is 12.8. The normalized spacial score (nSPS) is 17.7. The lowest BCUT2D eigenvalue weighted by Gasteiger charge is -2.34. The lowest BCUT2D eigenvalue weighted by Crippen LogP contribution is -2.49. The Morgan fingerprint density at radius 3 is 2.62 bits per heavy atom. The number of thioether (sulfide) groups is 1. The predicted molar refractivity (Wildman–Crippen MR) is 99.1 cm³/mol. The van der Waals surface area contributed by atoms with E-state index in [2.05, 4.69) is 29.6 Å². The molecule has 1 amide bonds. The van der Waals surface area contributed by atoms with Crippen molar-refractivity contribution in [1.29, 1.82) is 0 Å². The third-order valence-electron chi connectivity index (χ3n) is 4.87. The molecular formula is C17H23N7OS. The first-order valence-corrected chi connectivity index (χ1v) is 10.1. The van der Waals surface area contributed by atoms with Crippen LogP contribution >= 0.6 is 11.8 Å². The summed E-state index contributed by atoms with van der Waals surface area (Å²) in [6.45, 7) is 3.90. The number of anilines is 1. The van der Waals surface area contributed by atoms with Crippen molar-refractivity contribution in [2.45, 2.75) is 37.4 Å². The monoisotopic (exact) mass is 373 g/mol. The van der Waals surface area contributed by atoms with Gasteiger partial charge in [-0.25, -0.2) is 9.97 Å². The molecule has 4 heterocycles. The van der Waals surface area contributed by atoms with Crippen molar-refractivity contribution < 1.29 is 4.79 Å². The van der Waals surface area contributed by atoms with Gasteiger partial charge in [0, 0.05) is 51.5 Å². The number of hydrogen-bond acceptors (Lipinski definition) is 7. The first-order valence-electron chi connectivity index (χ1n) is 9.16. The SMILES string of the molecule is O=C(CSc1nnc2n1CCCCC2)N1CCN(c2ncccn2)CC1. The molecule has 0 radical (unpaired) electrons. The highest BCUT2D eigenvalue weighted by Crippen LogP contribution is 2.22. The lowest BCUT2D eigenvalue weighted by molar-refractivity contribution is -0.128. The molecule has 0 N–H and O–H groups in total. The summed E-state index contributed by atoms with van der Waals surface area (Å²) >= 11 is 1.51. The number of carbonyl (C=O) groups is 1. The molecule has 0 aromatic carbocycles. The van der Waals surface area contributed by atoms with Crippen LogP contribution in [0.3, 0.4) is 0 Å². The van der Waals surface area contributed by atoms with Gasteiger partial charge in [-0.3, -0.25) is 4.79 Å². The van der Waals surface area contributed by atoms with Crippen LogP contribution in [0.5, 0.6) is 0 Å². The van der Waals surface area contributed by atoms with Gasteiger partial charge in [-0.15, -0.1) is 10.2 Å². The quantitative estimate of drug-likeness (QED) is 0.746. The van der Waals surface area contributed by atoms with Gasteiger partial charge in [-0.2, -0.15) is 0 Å². The smallest absolute Gasteiger partial charge is 0.233 e. The maximum Gasteiger partial charge on any atom is 0.233 e. The highest BCUT2D eigenvalue weighted by atomic mass is 32.2. The minimum atomic E-state index is 0.162. The molecule has 0 unspecified atom stereocenters. The minimum Gasteiger partial charge on any atom is -0.338 e. The number of carbonyl (C=O) groups excluding carboxylic acids is 1. The molecule has 26 heavy (non-hydrogen) atoms. The number of piperazine rings is 1. The molecule has 2 aliphatic heterocycles. The Morgan fingerprint density at radius 1 is 1.00 bits per heavy atom. The summed E-state index contributed by atoms with van der Waals surface area (Å²) in [6, 6.07) is 1.81. The molecule has 2 aromatic rings. The van der Waals surface area contributed by atoms with Gasteiger partial charge in [0.25, 0.3) is 0 Å². The summed E-state index contributed by atoms with van der Waals surface area (Å²) in [4.78, 5) is 25.2. The Labute approximate surface area is 157 Å². The number of rotatable bonds is 4. The van der Waals surface area contributed by atoms with E-state index < -0.39 is 0 Å². The highest BCUT2D eigenvalue weighted by Gasteiger charge is 2.23. The van der Waals surface area contributed by atoms with Crippen LogP contribution in [-0.4, -0.2) is 67.5 Å². The van der Waals surface area contributed by atoms with E-state index in [0.29, 0.717) is 18.8 Å². The summed E-state index contributed by atoms with van der Waals surface area (Å²) in [5.41, 5.74) is 0. The summed E-state index contributed by atoms with van der Waals surface area (Å²) in [5, 5.41) is 9.47. The molecule has 8 nitrogen and oxygen atoms in total. The van der Waals surface area contributed by atoms with E-state index in [1.54, 1.807) is 12.4 Å². The minimum absolute atomic E-state index is 0.162. The summed E-state index contributed by atoms with van der Waals surface area (Å²) in [5.74, 6) is 2.38. The molecule has 9 heteroatoms. The average molecular weight is 373 g/mol. The Kier molecular flexibility index (Phi) is 5.33. The number of amides is 1. The predicted octanol–water partition coefficient (Wildman–Crippen LogP) is 1.24. The summed E-state index contributed by atoms with van der Waals surface area (Å²) in [6.07, 6.45) is 8.07. The Morgan fingerprint density at radius 2 is 1.81 bits per heavy atom. The van der Waals surface area contributed by atoms with E-state index >= 15 is 0 Å². The van der Waals surface area contributed by atoms with Gasteiger partial charge in [0.15, 0.2) is 5.16 Å². The lowest BCUT2D eigenvalue weighted by atomic mass is 10.2. The molecule has 0 saturated carbocycles. The molecule has 1 saturated heterocycles. The van der Waals surface area contributed by atoms with Crippen molar-refractivity contribution in [2.24, 2.45) is 0 Å². The zero-order valence-electron chi connectivity index (χ0n) is 14.8. The van der Waals surface area contributed by atoms with Gasteiger partial charge in [0.2, 0.25) is 11.9 Å². The van der Waals surface area contributed by atoms with E-state index in [1.165, 1.54) is 24.6 Å². The molecule has 1 fully saturated rings. The van der Waals surface area contributed by atoms with Crippen LogP contribution < -0.4 is 4.90 Å². The molecule has 4 rings (SSSR count). The van der Waals surface area contributed by atoms with Crippen molar-refractivity contribution >= 4 is 23.6 Å². The molecule has 0 atom stereocenters. The van der Waals surface area contributed by atoms with Gasteiger partial charge in [-0.05, 0) is 18.9 Å². The van der Waals surface area contributed by atoms with E-state index in [1.807, 2.05) is 11.0 Å². The van der Waals surface area contributed by atoms with Crippen LogP contribution in [0, 0.1) is 0 Å². The molecule has 2 aliphatic rings. The largest absolute Gasteiger partial charge is 0.338 e. The summed E-state index contributed by atoms with van der Waals surface area (Å²) in [7, 11) is 0. The number of aryl methyl sites for hydroxylation is 1. The molecule has 2 aromatic heterocycles. The van der Waals surface area contributed by atoms with Gasteiger partial charge in [-0.1, -0.05) is 18.2 Å². The van der Waals surface area contributed by atoms with Crippen LogP contribution in [0.4, 0.5) is 5.95 Å². The van der Waals surface area contributed by atoms with Crippen molar-refractivity contribution in [1.82, 2.24) is 29.6 Å². The Hall–Kier alpha value is -2.16. The van der Waals surface area contributed by atoms with Crippen molar-refractivity contribution in [2.75, 3.05) is 36.8 Å². The topological polar surface area (TPSA) is 80.0 Å². The third kappa shape index (κ3) is 3.82. The van der Waals surface area contributed by atoms with Gasteiger partial charge >= 0.3 is 0 Å². The van der Waals surface area contributed by atoms with E-state index in [0.717, 1.165) is 49.4 Å². The van der Waals surface area contributed by atoms with E-state index in [9.17, 15) is 4.79 Å². The van der Waals surface area contributed by atoms with Crippen molar-refractivity contribution in [3.8, 4) is 0 Å². The van der Waals surface area contributed by atoms with Gasteiger partial charge in [0.05, 0.1) is 5.75 Å². The van der Waals surface area contributed by atoms with Crippen molar-refractivity contribution in [3.63, 3.8) is 0 Å². The fourth-order valence-corrected chi connectivity index (χ4v) is 4.28. The fourth-order valence-electron chi connectivity index (χ4n) is 3.39. The van der Waals surface area contributed by atoms with Crippen molar-refractivity contribution in [3.05, 3.63) is 24.3 Å². The first kappa shape index (κ1) is 17.3. The second-order valence-electron chi connectivity index (χ2n) is 6.57. The van der Waals surface area contributed by atoms with Gasteiger partial charge in [0.1, 0.15) is 5.82 Å². The highest BCUT2D eigenvalue weighted by molar-refractivity contribution is 7.99. The van der Waals surface area contributed by atoms with E-state index in [4.69, 9.17) is 0 Å². The van der Waals surface area contributed by atoms with Crippen LogP contribution in [0.2, 0.25) is 0 Å². The van der Waals surface area contributed by atoms with Gasteiger partial charge < -0.3 is 14.4 Å². The van der Waals surface area contributed by atoms with E-state index in [-0.39, 0.29) is 5.91 Å². The van der Waals surface area contributed by atoms with Crippen LogP contribution in [-0.2, 0) is 17.8 Å². The maximum atomic E-state index is 12.6.